The topological polar surface area (TPSA) is 133 Å². The highest BCUT2D eigenvalue weighted by molar-refractivity contribution is 5.89. The zero-order chi connectivity index (χ0) is 23.3. The molecule has 1 aromatic carbocycles. The standard InChI is InChI=1S/C22H30N6O4.H2/c1-22(2,3)31-21(30)28-9-7-14(8-10-28)20-26-19(27-32-20)15-5-6-16(12-23)17(11-15)25-13-18(29)24-4;/h5-6,11-12,14,23,25H,7-10,13H2,1-4H3,(H,24,29);1H. The van der Waals surface area contributed by atoms with Crippen molar-refractivity contribution >= 4 is 23.9 Å². The maximum atomic E-state index is 12.3. The summed E-state index contributed by atoms with van der Waals surface area (Å²) in [5.74, 6) is 0.890. The van der Waals surface area contributed by atoms with Crippen LogP contribution in [0.15, 0.2) is 22.7 Å². The number of carbonyl (C=O) groups is 2. The fraction of sp³-hybridized carbons (Fsp3) is 0.500. The van der Waals surface area contributed by atoms with Gasteiger partial charge in [-0.1, -0.05) is 17.3 Å². The lowest BCUT2D eigenvalue weighted by Gasteiger charge is -2.32. The van der Waals surface area contributed by atoms with Crippen LogP contribution in [0.1, 0.15) is 52.4 Å². The summed E-state index contributed by atoms with van der Waals surface area (Å²) >= 11 is 0. The van der Waals surface area contributed by atoms with E-state index < -0.39 is 5.60 Å². The van der Waals surface area contributed by atoms with Crippen LogP contribution in [0.25, 0.3) is 11.4 Å². The van der Waals surface area contributed by atoms with Gasteiger partial charge in [0.1, 0.15) is 5.60 Å². The smallest absolute Gasteiger partial charge is 0.410 e. The van der Waals surface area contributed by atoms with E-state index in [1.807, 2.05) is 26.8 Å². The van der Waals surface area contributed by atoms with Crippen molar-refractivity contribution in [2.24, 2.45) is 0 Å². The number of benzene rings is 1. The number of nitrogens with one attached hydrogen (secondary N) is 3. The van der Waals surface area contributed by atoms with Gasteiger partial charge < -0.3 is 30.2 Å². The molecule has 0 saturated carbocycles. The number of likely N-dealkylation sites (N-methyl/N-ethyl adjacent to an activating group) is 1. The maximum absolute atomic E-state index is 12.3. The summed E-state index contributed by atoms with van der Waals surface area (Å²) in [5, 5.41) is 17.3. The van der Waals surface area contributed by atoms with Crippen LogP contribution in [-0.4, -0.2) is 65.5 Å². The average Bonchev–Trinajstić information content (AvgIpc) is 3.26. The number of likely N-dealkylation sites (tertiary alicyclic amines) is 1. The zero-order valence-corrected chi connectivity index (χ0v) is 18.9. The van der Waals surface area contributed by atoms with Crippen molar-refractivity contribution in [2.45, 2.75) is 45.1 Å². The van der Waals surface area contributed by atoms with Gasteiger partial charge in [-0.05, 0) is 39.7 Å². The Morgan fingerprint density at radius 2 is 2.06 bits per heavy atom. The van der Waals surface area contributed by atoms with Crippen molar-refractivity contribution in [3.8, 4) is 11.4 Å². The van der Waals surface area contributed by atoms with E-state index in [0.717, 1.165) is 5.56 Å². The summed E-state index contributed by atoms with van der Waals surface area (Å²) in [6.45, 7) is 6.79. The van der Waals surface area contributed by atoms with Crippen LogP contribution in [0.4, 0.5) is 10.5 Å². The predicted octanol–water partition coefficient (Wildman–Crippen LogP) is 3.25. The molecule has 0 spiro atoms. The van der Waals surface area contributed by atoms with Crippen LogP contribution in [-0.2, 0) is 9.53 Å². The van der Waals surface area contributed by atoms with Gasteiger partial charge in [0.15, 0.2) is 0 Å². The van der Waals surface area contributed by atoms with E-state index in [1.54, 1.807) is 24.1 Å². The number of anilines is 1. The molecule has 10 heteroatoms. The van der Waals surface area contributed by atoms with Gasteiger partial charge in [-0.15, -0.1) is 0 Å². The number of aromatic nitrogens is 2. The van der Waals surface area contributed by atoms with Crippen LogP contribution in [0.5, 0.6) is 0 Å². The number of hydrogen-bond acceptors (Lipinski definition) is 8. The Balaban J connectivity index is 0.00000385. The van der Waals surface area contributed by atoms with E-state index in [1.165, 1.54) is 6.21 Å². The minimum Gasteiger partial charge on any atom is -0.444 e. The molecular formula is C22H32N6O4. The van der Waals surface area contributed by atoms with Crippen LogP contribution in [0.2, 0.25) is 0 Å². The minimum atomic E-state index is -0.517. The van der Waals surface area contributed by atoms with E-state index in [4.69, 9.17) is 14.7 Å². The zero-order valence-electron chi connectivity index (χ0n) is 18.9. The van der Waals surface area contributed by atoms with E-state index >= 15 is 0 Å². The summed E-state index contributed by atoms with van der Waals surface area (Å²) in [4.78, 5) is 30.1. The summed E-state index contributed by atoms with van der Waals surface area (Å²) in [7, 11) is 1.57. The third-order valence-corrected chi connectivity index (χ3v) is 5.12. The summed E-state index contributed by atoms with van der Waals surface area (Å²) in [5.41, 5.74) is 1.49. The van der Waals surface area contributed by atoms with Crippen molar-refractivity contribution in [3.63, 3.8) is 0 Å². The SMILES string of the molecule is CNC(=O)CNc1cc(-c2noc(C3CCN(C(=O)OC(C)(C)C)CC3)n2)ccc1C=N.[HH]. The first-order chi connectivity index (χ1) is 15.2. The van der Waals surface area contributed by atoms with E-state index in [-0.39, 0.29) is 25.9 Å². The average molecular weight is 445 g/mol. The largest absolute Gasteiger partial charge is 0.444 e. The number of ether oxygens (including phenoxy) is 1. The highest BCUT2D eigenvalue weighted by Crippen LogP contribution is 2.30. The van der Waals surface area contributed by atoms with Gasteiger partial charge >= 0.3 is 6.09 Å². The molecule has 10 nitrogen and oxygen atoms in total. The fourth-order valence-electron chi connectivity index (χ4n) is 3.39. The molecule has 2 amide bonds. The van der Waals surface area contributed by atoms with E-state index in [0.29, 0.717) is 48.9 Å². The first-order valence-corrected chi connectivity index (χ1v) is 10.6. The molecule has 0 atom stereocenters. The molecule has 2 aromatic rings. The van der Waals surface area contributed by atoms with Gasteiger partial charge in [0, 0.05) is 50.5 Å². The monoisotopic (exact) mass is 444 g/mol. The minimum absolute atomic E-state index is 0. The molecule has 1 fully saturated rings. The summed E-state index contributed by atoms with van der Waals surface area (Å²) in [6, 6.07) is 5.37. The second-order valence-corrected chi connectivity index (χ2v) is 8.67. The number of hydrogen-bond donors (Lipinski definition) is 3. The summed E-state index contributed by atoms with van der Waals surface area (Å²) < 4.78 is 11.0. The molecule has 174 valence electrons. The molecule has 1 aliphatic heterocycles. The van der Waals surface area contributed by atoms with Gasteiger partial charge in [0.05, 0.1) is 6.54 Å². The van der Waals surface area contributed by atoms with Crippen molar-refractivity contribution < 1.29 is 20.3 Å². The van der Waals surface area contributed by atoms with E-state index in [9.17, 15) is 9.59 Å². The van der Waals surface area contributed by atoms with Crippen molar-refractivity contribution in [1.82, 2.24) is 20.4 Å². The number of amides is 2. The van der Waals surface area contributed by atoms with Crippen molar-refractivity contribution in [3.05, 3.63) is 29.7 Å². The Labute approximate surface area is 188 Å². The molecule has 3 rings (SSSR count). The molecule has 0 radical (unpaired) electrons. The number of carbonyl (C=O) groups excluding carboxylic acids is 2. The predicted molar refractivity (Wildman–Crippen MR) is 122 cm³/mol. The molecule has 0 aliphatic carbocycles. The molecule has 3 N–H and O–H groups in total. The Morgan fingerprint density at radius 3 is 2.69 bits per heavy atom. The highest BCUT2D eigenvalue weighted by Gasteiger charge is 2.30. The molecule has 0 bridgehead atoms. The molecule has 0 unspecified atom stereocenters. The second-order valence-electron chi connectivity index (χ2n) is 8.67. The van der Waals surface area contributed by atoms with Crippen molar-refractivity contribution in [2.75, 3.05) is 32.0 Å². The number of rotatable bonds is 6. The van der Waals surface area contributed by atoms with Crippen LogP contribution in [0, 0.1) is 5.41 Å². The Bertz CT molecular complexity index is 980. The molecule has 2 heterocycles. The summed E-state index contributed by atoms with van der Waals surface area (Å²) in [6.07, 6.45) is 2.35. The van der Waals surface area contributed by atoms with Crippen molar-refractivity contribution in [1.29, 1.82) is 5.41 Å². The van der Waals surface area contributed by atoms with Gasteiger partial charge in [-0.2, -0.15) is 4.98 Å². The third-order valence-electron chi connectivity index (χ3n) is 5.12. The van der Waals surface area contributed by atoms with Gasteiger partial charge in [0.25, 0.3) is 0 Å². The second kappa shape index (κ2) is 9.80. The van der Waals surface area contributed by atoms with Gasteiger partial charge in [-0.3, -0.25) is 4.79 Å². The molecule has 1 saturated heterocycles. The Hall–Kier alpha value is -3.43. The number of nitrogens with zero attached hydrogens (tertiary/aromatic N) is 3. The Morgan fingerprint density at radius 1 is 1.34 bits per heavy atom. The lowest BCUT2D eigenvalue weighted by Crippen LogP contribution is -2.41. The molecule has 1 aromatic heterocycles. The van der Waals surface area contributed by atoms with E-state index in [2.05, 4.69) is 20.8 Å². The lowest BCUT2D eigenvalue weighted by atomic mass is 9.97. The number of piperidine rings is 1. The normalized spacial score (nSPS) is 14.7. The Kier molecular flexibility index (Phi) is 7.12. The highest BCUT2D eigenvalue weighted by atomic mass is 16.6. The molecular weight excluding hydrogens is 412 g/mol. The first kappa shape index (κ1) is 23.2. The lowest BCUT2D eigenvalue weighted by molar-refractivity contribution is -0.118. The van der Waals surface area contributed by atoms with Gasteiger partial charge in [0.2, 0.25) is 17.6 Å². The van der Waals surface area contributed by atoms with Gasteiger partial charge in [-0.25, -0.2) is 4.79 Å². The maximum Gasteiger partial charge on any atom is 0.410 e. The molecule has 1 aliphatic rings. The molecule has 32 heavy (non-hydrogen) atoms. The van der Waals surface area contributed by atoms with Crippen LogP contribution < -0.4 is 10.6 Å². The fourth-order valence-corrected chi connectivity index (χ4v) is 3.39. The quantitative estimate of drug-likeness (QED) is 0.582. The van der Waals surface area contributed by atoms with Crippen LogP contribution >= 0.6 is 0 Å². The third kappa shape index (κ3) is 5.83. The van der Waals surface area contributed by atoms with Crippen LogP contribution in [0.3, 0.4) is 0 Å². The first-order valence-electron chi connectivity index (χ1n) is 10.6.